The lowest BCUT2D eigenvalue weighted by Crippen LogP contribution is -2.60. The average molecular weight is 439 g/mol. The second-order valence-electron chi connectivity index (χ2n) is 8.50. The van der Waals surface area contributed by atoms with Crippen LogP contribution in [0, 0.1) is 16.0 Å². The number of anilines is 1. The molecule has 8 heteroatoms. The number of non-ortho nitro benzene ring substituents is 1. The minimum Gasteiger partial charge on any atom is -0.385 e. The lowest BCUT2D eigenvalue weighted by Gasteiger charge is -2.49. The highest BCUT2D eigenvalue weighted by Gasteiger charge is 2.41. The fourth-order valence-corrected chi connectivity index (χ4v) is 4.83. The number of amides is 1. The first-order valence-electron chi connectivity index (χ1n) is 11.1. The number of ether oxygens (including phenoxy) is 1. The van der Waals surface area contributed by atoms with E-state index in [1.807, 2.05) is 24.3 Å². The van der Waals surface area contributed by atoms with Crippen molar-refractivity contribution in [3.05, 3.63) is 69.8 Å². The zero-order chi connectivity index (χ0) is 22.5. The third-order valence-corrected chi connectivity index (χ3v) is 6.40. The van der Waals surface area contributed by atoms with Gasteiger partial charge in [0.25, 0.3) is 5.69 Å². The number of nitro groups is 1. The van der Waals surface area contributed by atoms with Crippen LogP contribution in [0.4, 0.5) is 11.4 Å². The number of carbonyl (C=O) groups is 1. The number of piperazine rings is 1. The van der Waals surface area contributed by atoms with E-state index >= 15 is 0 Å². The maximum Gasteiger partial charge on any atom is 0.269 e. The number of carbonyl (C=O) groups excluding carboxylic acids is 1. The molecule has 0 aliphatic carbocycles. The Hall–Kier alpha value is -2.97. The first kappa shape index (κ1) is 22.2. The van der Waals surface area contributed by atoms with Crippen LogP contribution in [0.25, 0.3) is 0 Å². The fraction of sp³-hybridized carbons (Fsp3) is 0.458. The third kappa shape index (κ3) is 4.92. The Morgan fingerprint density at radius 3 is 2.78 bits per heavy atom. The SMILES string of the molecule is COCCCNC(=O)[C@H]1Cc2cc([N+](=O)[O-])ccc2N2CCN(Cc3ccccc3)C[C@H]12. The molecule has 0 spiro atoms. The molecule has 2 atom stereocenters. The molecule has 2 aliphatic heterocycles. The van der Waals surface area contributed by atoms with Crippen molar-refractivity contribution < 1.29 is 14.5 Å². The number of hydrogen-bond donors (Lipinski definition) is 1. The molecule has 1 N–H and O–H groups in total. The number of rotatable bonds is 8. The molecule has 4 rings (SSSR count). The van der Waals surface area contributed by atoms with Crippen LogP contribution in [0.5, 0.6) is 0 Å². The summed E-state index contributed by atoms with van der Waals surface area (Å²) < 4.78 is 5.08. The molecule has 0 radical (unpaired) electrons. The second-order valence-corrected chi connectivity index (χ2v) is 8.50. The summed E-state index contributed by atoms with van der Waals surface area (Å²) in [7, 11) is 1.65. The molecule has 170 valence electrons. The molecule has 8 nitrogen and oxygen atoms in total. The minimum absolute atomic E-state index is 0.00909. The molecule has 1 amide bonds. The average Bonchev–Trinajstić information content (AvgIpc) is 2.81. The Labute approximate surface area is 188 Å². The van der Waals surface area contributed by atoms with E-state index in [2.05, 4.69) is 27.2 Å². The van der Waals surface area contributed by atoms with Crippen molar-refractivity contribution in [3.63, 3.8) is 0 Å². The van der Waals surface area contributed by atoms with E-state index in [4.69, 9.17) is 4.74 Å². The molecule has 32 heavy (non-hydrogen) atoms. The van der Waals surface area contributed by atoms with Crippen molar-refractivity contribution in [1.82, 2.24) is 10.2 Å². The third-order valence-electron chi connectivity index (χ3n) is 6.40. The van der Waals surface area contributed by atoms with E-state index in [0.717, 1.165) is 43.9 Å². The maximum absolute atomic E-state index is 13.2. The van der Waals surface area contributed by atoms with Crippen molar-refractivity contribution in [2.24, 2.45) is 5.92 Å². The zero-order valence-corrected chi connectivity index (χ0v) is 18.4. The zero-order valence-electron chi connectivity index (χ0n) is 18.4. The smallest absolute Gasteiger partial charge is 0.269 e. The van der Waals surface area contributed by atoms with Gasteiger partial charge in [-0.3, -0.25) is 19.8 Å². The van der Waals surface area contributed by atoms with Gasteiger partial charge in [0.2, 0.25) is 5.91 Å². The monoisotopic (exact) mass is 438 g/mol. The summed E-state index contributed by atoms with van der Waals surface area (Å²) in [6.07, 6.45) is 1.26. The van der Waals surface area contributed by atoms with E-state index in [9.17, 15) is 14.9 Å². The van der Waals surface area contributed by atoms with E-state index < -0.39 is 0 Å². The fourth-order valence-electron chi connectivity index (χ4n) is 4.83. The molecule has 2 aliphatic rings. The predicted octanol–water partition coefficient (Wildman–Crippen LogP) is 2.61. The summed E-state index contributed by atoms with van der Waals surface area (Å²) >= 11 is 0. The van der Waals surface area contributed by atoms with Crippen molar-refractivity contribution in [1.29, 1.82) is 0 Å². The van der Waals surface area contributed by atoms with Gasteiger partial charge in [0.15, 0.2) is 0 Å². The van der Waals surface area contributed by atoms with Crippen LogP contribution in [0.1, 0.15) is 17.5 Å². The van der Waals surface area contributed by atoms with Crippen molar-refractivity contribution in [2.45, 2.75) is 25.4 Å². The van der Waals surface area contributed by atoms with Gasteiger partial charge in [-0.25, -0.2) is 0 Å². The summed E-state index contributed by atoms with van der Waals surface area (Å²) in [5.74, 6) is -0.250. The molecular formula is C24H30N4O4. The number of nitrogens with one attached hydrogen (secondary N) is 1. The molecular weight excluding hydrogens is 408 g/mol. The van der Waals surface area contributed by atoms with Gasteiger partial charge < -0.3 is 15.0 Å². The molecule has 0 saturated carbocycles. The lowest BCUT2D eigenvalue weighted by atomic mass is 9.83. The first-order chi connectivity index (χ1) is 15.6. The molecule has 1 saturated heterocycles. The van der Waals surface area contributed by atoms with Gasteiger partial charge in [0, 0.05) is 64.3 Å². The van der Waals surface area contributed by atoms with E-state index in [-0.39, 0.29) is 28.5 Å². The highest BCUT2D eigenvalue weighted by Crippen LogP contribution is 2.38. The van der Waals surface area contributed by atoms with Gasteiger partial charge in [0.1, 0.15) is 0 Å². The normalized spacial score (nSPS) is 20.3. The number of fused-ring (bicyclic) bond motifs is 3. The Kier molecular flexibility index (Phi) is 7.02. The molecule has 0 aromatic heterocycles. The standard InChI is InChI=1S/C24H30N4O4/c1-32-13-5-10-25-24(29)21-15-19-14-20(28(30)31)8-9-22(19)27-12-11-26(17-23(21)27)16-18-6-3-2-4-7-18/h2-4,6-9,14,21,23H,5,10-13,15-17H2,1H3,(H,25,29)/t21-,23+/m0/s1. The number of hydrogen-bond acceptors (Lipinski definition) is 6. The molecule has 2 heterocycles. The quantitative estimate of drug-likeness (QED) is 0.387. The van der Waals surface area contributed by atoms with E-state index in [1.165, 1.54) is 5.56 Å². The van der Waals surface area contributed by atoms with Crippen LogP contribution in [-0.4, -0.2) is 61.7 Å². The Bertz CT molecular complexity index is 952. The van der Waals surface area contributed by atoms with Crippen LogP contribution in [0.15, 0.2) is 48.5 Å². The second kappa shape index (κ2) is 10.1. The summed E-state index contributed by atoms with van der Waals surface area (Å²) in [4.78, 5) is 28.8. The molecule has 0 unspecified atom stereocenters. The van der Waals surface area contributed by atoms with Crippen LogP contribution in [0.3, 0.4) is 0 Å². The maximum atomic E-state index is 13.2. The molecule has 2 aromatic carbocycles. The summed E-state index contributed by atoms with van der Waals surface area (Å²) in [6.45, 7) is 4.45. The van der Waals surface area contributed by atoms with Crippen LogP contribution >= 0.6 is 0 Å². The highest BCUT2D eigenvalue weighted by atomic mass is 16.6. The first-order valence-corrected chi connectivity index (χ1v) is 11.1. The topological polar surface area (TPSA) is 87.9 Å². The predicted molar refractivity (Wildman–Crippen MR) is 123 cm³/mol. The Morgan fingerprint density at radius 2 is 2.03 bits per heavy atom. The number of benzene rings is 2. The summed E-state index contributed by atoms with van der Waals surface area (Å²) in [6, 6.07) is 15.4. The largest absolute Gasteiger partial charge is 0.385 e. The van der Waals surface area contributed by atoms with Gasteiger partial charge in [-0.1, -0.05) is 30.3 Å². The van der Waals surface area contributed by atoms with E-state index in [1.54, 1.807) is 19.2 Å². The van der Waals surface area contributed by atoms with Crippen LogP contribution < -0.4 is 10.2 Å². The lowest BCUT2D eigenvalue weighted by molar-refractivity contribution is -0.384. The summed E-state index contributed by atoms with van der Waals surface area (Å²) in [5, 5.41) is 14.4. The van der Waals surface area contributed by atoms with Crippen molar-refractivity contribution in [3.8, 4) is 0 Å². The van der Waals surface area contributed by atoms with Gasteiger partial charge in [0.05, 0.1) is 16.9 Å². The van der Waals surface area contributed by atoms with Crippen LogP contribution in [0.2, 0.25) is 0 Å². The molecule has 1 fully saturated rings. The van der Waals surface area contributed by atoms with Crippen LogP contribution in [-0.2, 0) is 22.5 Å². The number of nitrogens with zero attached hydrogens (tertiary/aromatic N) is 3. The van der Waals surface area contributed by atoms with Gasteiger partial charge in [-0.2, -0.15) is 0 Å². The number of methoxy groups -OCH3 is 1. The highest BCUT2D eigenvalue weighted by molar-refractivity contribution is 5.82. The Balaban J connectivity index is 1.56. The van der Waals surface area contributed by atoms with Gasteiger partial charge in [-0.15, -0.1) is 0 Å². The van der Waals surface area contributed by atoms with Crippen molar-refractivity contribution in [2.75, 3.05) is 44.8 Å². The van der Waals surface area contributed by atoms with Crippen molar-refractivity contribution >= 4 is 17.3 Å². The summed E-state index contributed by atoms with van der Waals surface area (Å²) in [5.41, 5.74) is 3.23. The number of nitro benzene ring substituents is 1. The Morgan fingerprint density at radius 1 is 1.22 bits per heavy atom. The minimum atomic E-state index is -0.371. The molecule has 2 aromatic rings. The van der Waals surface area contributed by atoms with E-state index in [0.29, 0.717) is 19.6 Å². The molecule has 0 bridgehead atoms. The van der Waals surface area contributed by atoms with Gasteiger partial charge in [-0.05, 0) is 30.0 Å². The van der Waals surface area contributed by atoms with Gasteiger partial charge >= 0.3 is 0 Å².